The smallest absolute Gasteiger partial charge is 0.160 e. The summed E-state index contributed by atoms with van der Waals surface area (Å²) < 4.78 is 35.8. The van der Waals surface area contributed by atoms with Crippen molar-refractivity contribution >= 4 is 23.4 Å². The van der Waals surface area contributed by atoms with E-state index in [9.17, 15) is 13.2 Å². The summed E-state index contributed by atoms with van der Waals surface area (Å²) in [6.07, 6.45) is 3.15. The van der Waals surface area contributed by atoms with E-state index in [1.807, 2.05) is 0 Å². The van der Waals surface area contributed by atoms with Crippen molar-refractivity contribution in [2.24, 2.45) is 0 Å². The number of alkyl halides is 4. The van der Waals surface area contributed by atoms with E-state index in [-0.39, 0.29) is 17.1 Å². The molecule has 12 heavy (non-hydrogen) atoms. The molecule has 2 atom stereocenters. The molecule has 5 heteroatoms. The largest absolute Gasteiger partial charge is 0.442 e. The zero-order valence-electron chi connectivity index (χ0n) is 6.40. The summed E-state index contributed by atoms with van der Waals surface area (Å²) in [5.74, 6) is 0. The first kappa shape index (κ1) is 10.5. The molecular weight excluding hydrogens is 209 g/mol. The minimum atomic E-state index is -4.13. The maximum atomic E-state index is 11.9. The molecule has 0 amide bonds. The topological polar surface area (TPSA) is 0 Å². The van der Waals surface area contributed by atoms with Gasteiger partial charge in [-0.15, -0.1) is 11.6 Å². The van der Waals surface area contributed by atoms with E-state index in [1.54, 1.807) is 0 Å². The molecule has 0 unspecified atom stereocenters. The molecule has 1 rings (SSSR count). The third kappa shape index (κ3) is 3.44. The van der Waals surface area contributed by atoms with Crippen LogP contribution >= 0.6 is 23.4 Å². The van der Waals surface area contributed by atoms with Crippen molar-refractivity contribution in [2.45, 2.75) is 41.8 Å². The summed E-state index contributed by atoms with van der Waals surface area (Å²) in [4.78, 5) is 0. The van der Waals surface area contributed by atoms with E-state index in [1.165, 1.54) is 0 Å². The Bertz CT molecular complexity index is 148. The minimum absolute atomic E-state index is 0.0538. The van der Waals surface area contributed by atoms with Crippen molar-refractivity contribution in [1.82, 2.24) is 0 Å². The van der Waals surface area contributed by atoms with Crippen molar-refractivity contribution in [3.63, 3.8) is 0 Å². The van der Waals surface area contributed by atoms with Gasteiger partial charge in [0, 0.05) is 10.6 Å². The lowest BCUT2D eigenvalue weighted by Crippen LogP contribution is -2.25. The monoisotopic (exact) mass is 218 g/mol. The first-order valence-corrected chi connectivity index (χ1v) is 5.19. The van der Waals surface area contributed by atoms with Crippen molar-refractivity contribution < 1.29 is 13.2 Å². The highest BCUT2D eigenvalue weighted by atomic mass is 35.5. The maximum absolute atomic E-state index is 11.9. The molecule has 0 heterocycles. The van der Waals surface area contributed by atoms with Crippen molar-refractivity contribution in [2.75, 3.05) is 0 Å². The zero-order chi connectivity index (χ0) is 9.19. The van der Waals surface area contributed by atoms with Gasteiger partial charge in [0.2, 0.25) is 0 Å². The van der Waals surface area contributed by atoms with Gasteiger partial charge in [0.25, 0.3) is 0 Å². The number of thioether (sulfide) groups is 1. The number of hydrogen-bond donors (Lipinski definition) is 0. The van der Waals surface area contributed by atoms with Crippen LogP contribution in [0.25, 0.3) is 0 Å². The first-order chi connectivity index (χ1) is 5.49. The van der Waals surface area contributed by atoms with Crippen molar-refractivity contribution in [3.8, 4) is 0 Å². The molecule has 72 valence electrons. The zero-order valence-corrected chi connectivity index (χ0v) is 7.98. The molecule has 1 saturated carbocycles. The second-order valence-electron chi connectivity index (χ2n) is 2.90. The Morgan fingerprint density at radius 3 is 2.25 bits per heavy atom. The van der Waals surface area contributed by atoms with Crippen molar-refractivity contribution in [3.05, 3.63) is 0 Å². The number of rotatable bonds is 1. The van der Waals surface area contributed by atoms with E-state index in [2.05, 4.69) is 0 Å². The quantitative estimate of drug-likeness (QED) is 0.604. The van der Waals surface area contributed by atoms with E-state index >= 15 is 0 Å². The predicted octanol–water partition coefficient (Wildman–Crippen LogP) is 3.79. The van der Waals surface area contributed by atoms with Gasteiger partial charge in [0.15, 0.2) is 0 Å². The molecule has 0 aliphatic heterocycles. The third-order valence-electron chi connectivity index (χ3n) is 1.91. The second kappa shape index (κ2) is 4.09. The Morgan fingerprint density at radius 2 is 1.75 bits per heavy atom. The Morgan fingerprint density at radius 1 is 1.17 bits per heavy atom. The predicted molar refractivity (Wildman–Crippen MR) is 45.5 cm³/mol. The minimum Gasteiger partial charge on any atom is -0.160 e. The molecule has 1 fully saturated rings. The molecule has 0 bridgehead atoms. The maximum Gasteiger partial charge on any atom is 0.442 e. The first-order valence-electron chi connectivity index (χ1n) is 3.87. The van der Waals surface area contributed by atoms with Crippen LogP contribution in [0.5, 0.6) is 0 Å². The molecule has 0 radical (unpaired) electrons. The summed E-state index contributed by atoms with van der Waals surface area (Å²) in [6, 6.07) is 0. The normalized spacial score (nSPS) is 32.0. The van der Waals surface area contributed by atoms with Crippen molar-refractivity contribution in [1.29, 1.82) is 0 Å². The molecule has 0 spiro atoms. The van der Waals surface area contributed by atoms with Crippen LogP contribution in [0.2, 0.25) is 0 Å². The van der Waals surface area contributed by atoms with E-state index in [0.717, 1.165) is 19.3 Å². The van der Waals surface area contributed by atoms with Gasteiger partial charge in [-0.1, -0.05) is 12.8 Å². The third-order valence-corrected chi connectivity index (χ3v) is 3.71. The second-order valence-corrected chi connectivity index (χ2v) is 4.77. The summed E-state index contributed by atoms with van der Waals surface area (Å²) in [6.45, 7) is 0. The van der Waals surface area contributed by atoms with Gasteiger partial charge in [-0.3, -0.25) is 0 Å². The molecule has 1 aliphatic carbocycles. The van der Waals surface area contributed by atoms with Crippen LogP contribution in [0.4, 0.5) is 13.2 Å². The fourth-order valence-corrected chi connectivity index (χ4v) is 2.70. The summed E-state index contributed by atoms with van der Waals surface area (Å²) >= 11 is 5.82. The lowest BCUT2D eigenvalue weighted by molar-refractivity contribution is -0.0335. The molecule has 0 aromatic rings. The van der Waals surface area contributed by atoms with Gasteiger partial charge < -0.3 is 0 Å². The van der Waals surface area contributed by atoms with Crippen LogP contribution in [0.3, 0.4) is 0 Å². The number of hydrogen-bond acceptors (Lipinski definition) is 1. The van der Waals surface area contributed by atoms with Crippen LogP contribution in [0.15, 0.2) is 0 Å². The highest BCUT2D eigenvalue weighted by Crippen LogP contribution is 2.41. The lowest BCUT2D eigenvalue weighted by atomic mass is 10.00. The van der Waals surface area contributed by atoms with E-state index in [0.29, 0.717) is 6.42 Å². The summed E-state index contributed by atoms with van der Waals surface area (Å²) in [5, 5.41) is -0.731. The van der Waals surface area contributed by atoms with Crippen LogP contribution in [-0.2, 0) is 0 Å². The van der Waals surface area contributed by atoms with Gasteiger partial charge >= 0.3 is 5.51 Å². The van der Waals surface area contributed by atoms with E-state index < -0.39 is 10.8 Å². The van der Waals surface area contributed by atoms with Gasteiger partial charge in [0.1, 0.15) is 0 Å². The van der Waals surface area contributed by atoms with Gasteiger partial charge in [-0.05, 0) is 24.6 Å². The SMILES string of the molecule is FC(F)(F)S[C@@H]1CCCC[C@H]1Cl. The molecule has 0 N–H and O–H groups in total. The van der Waals surface area contributed by atoms with Gasteiger partial charge in [-0.25, -0.2) is 0 Å². The average Bonchev–Trinajstić information content (AvgIpc) is 1.91. The highest BCUT2D eigenvalue weighted by molar-refractivity contribution is 8.00. The standard InChI is InChI=1S/C7H10ClF3S/c8-5-3-1-2-4-6(5)12-7(9,10)11/h5-6H,1-4H2/t5-,6-/m1/s1. The average molecular weight is 219 g/mol. The molecular formula is C7H10ClF3S. The highest BCUT2D eigenvalue weighted by Gasteiger charge is 2.36. The fourth-order valence-electron chi connectivity index (χ4n) is 1.36. The van der Waals surface area contributed by atoms with Gasteiger partial charge in [0.05, 0.1) is 0 Å². The molecule has 0 aromatic heterocycles. The lowest BCUT2D eigenvalue weighted by Gasteiger charge is -2.26. The molecule has 0 aromatic carbocycles. The Balaban J connectivity index is 2.39. The van der Waals surface area contributed by atoms with Gasteiger partial charge in [-0.2, -0.15) is 13.2 Å². The molecule has 0 nitrogen and oxygen atoms in total. The Kier molecular flexibility index (Phi) is 3.58. The summed E-state index contributed by atoms with van der Waals surface area (Å²) in [7, 11) is 0. The van der Waals surface area contributed by atoms with E-state index in [4.69, 9.17) is 11.6 Å². The van der Waals surface area contributed by atoms with Crippen LogP contribution in [0, 0.1) is 0 Å². The Labute approximate surface area is 78.8 Å². The summed E-state index contributed by atoms with van der Waals surface area (Å²) in [5.41, 5.74) is -4.13. The van der Waals surface area contributed by atoms with Crippen LogP contribution in [0.1, 0.15) is 25.7 Å². The Hall–Kier alpha value is 0.430. The fraction of sp³-hybridized carbons (Fsp3) is 1.00. The molecule has 0 saturated heterocycles. The van der Waals surface area contributed by atoms with Crippen LogP contribution < -0.4 is 0 Å². The number of halogens is 4. The molecule has 1 aliphatic rings. The van der Waals surface area contributed by atoms with Crippen LogP contribution in [-0.4, -0.2) is 16.1 Å².